The van der Waals surface area contributed by atoms with Gasteiger partial charge in [0, 0.05) is 34.7 Å². The standard InChI is InChI=1S/C13H15BrN2.ClH/c1-8-3-4-10-5-11-7-15-6-9(2)16(11)13(10)12(8)14;/h3-5,9,15H,6-7H2,1-2H3;1H/t9-;/m1./s1. The number of halogens is 2. The van der Waals surface area contributed by atoms with E-state index in [2.05, 4.69) is 57.9 Å². The second-order valence-electron chi connectivity index (χ2n) is 4.62. The Kier molecular flexibility index (Phi) is 3.53. The van der Waals surface area contributed by atoms with Gasteiger partial charge in [0.15, 0.2) is 0 Å². The summed E-state index contributed by atoms with van der Waals surface area (Å²) in [6, 6.07) is 7.21. The fraction of sp³-hybridized carbons (Fsp3) is 0.385. The lowest BCUT2D eigenvalue weighted by Gasteiger charge is -2.25. The van der Waals surface area contributed by atoms with Crippen LogP contribution in [-0.4, -0.2) is 11.1 Å². The molecule has 92 valence electrons. The third kappa shape index (κ3) is 1.90. The molecule has 1 aromatic carbocycles. The summed E-state index contributed by atoms with van der Waals surface area (Å²) in [4.78, 5) is 0. The minimum atomic E-state index is 0. The molecular weight excluding hydrogens is 300 g/mol. The van der Waals surface area contributed by atoms with Crippen molar-refractivity contribution in [2.75, 3.05) is 6.54 Å². The van der Waals surface area contributed by atoms with Crippen molar-refractivity contribution in [3.05, 3.63) is 33.9 Å². The monoisotopic (exact) mass is 314 g/mol. The molecule has 4 heteroatoms. The van der Waals surface area contributed by atoms with Crippen molar-refractivity contribution in [1.29, 1.82) is 0 Å². The summed E-state index contributed by atoms with van der Waals surface area (Å²) < 4.78 is 3.70. The highest BCUT2D eigenvalue weighted by atomic mass is 79.9. The van der Waals surface area contributed by atoms with Crippen LogP contribution in [0.25, 0.3) is 10.9 Å². The maximum Gasteiger partial charge on any atom is 0.0633 e. The van der Waals surface area contributed by atoms with Gasteiger partial charge in [0.2, 0.25) is 0 Å². The van der Waals surface area contributed by atoms with E-state index in [1.807, 2.05) is 0 Å². The first kappa shape index (κ1) is 12.9. The maximum absolute atomic E-state index is 3.73. The van der Waals surface area contributed by atoms with Crippen LogP contribution in [0.4, 0.5) is 0 Å². The summed E-state index contributed by atoms with van der Waals surface area (Å²) in [5.41, 5.74) is 4.04. The van der Waals surface area contributed by atoms with Gasteiger partial charge in [-0.05, 0) is 41.4 Å². The van der Waals surface area contributed by atoms with Gasteiger partial charge in [-0.3, -0.25) is 0 Å². The number of hydrogen-bond donors (Lipinski definition) is 1. The SMILES string of the molecule is Cc1ccc2cc3n(c2c1Br)[C@H](C)CNC3.Cl. The highest BCUT2D eigenvalue weighted by molar-refractivity contribution is 9.10. The quantitative estimate of drug-likeness (QED) is 0.782. The molecule has 2 nitrogen and oxygen atoms in total. The largest absolute Gasteiger partial charge is 0.338 e. The van der Waals surface area contributed by atoms with Crippen LogP contribution in [-0.2, 0) is 6.54 Å². The van der Waals surface area contributed by atoms with Gasteiger partial charge in [-0.2, -0.15) is 0 Å². The molecule has 0 fully saturated rings. The van der Waals surface area contributed by atoms with Crippen LogP contribution in [0.2, 0.25) is 0 Å². The van der Waals surface area contributed by atoms with Gasteiger partial charge in [-0.1, -0.05) is 12.1 Å². The second-order valence-corrected chi connectivity index (χ2v) is 5.41. The summed E-state index contributed by atoms with van der Waals surface area (Å²) in [6.45, 7) is 6.45. The fourth-order valence-electron chi connectivity index (χ4n) is 2.57. The smallest absolute Gasteiger partial charge is 0.0633 e. The van der Waals surface area contributed by atoms with Gasteiger partial charge in [0.1, 0.15) is 0 Å². The van der Waals surface area contributed by atoms with Crippen LogP contribution in [0.3, 0.4) is 0 Å². The lowest BCUT2D eigenvalue weighted by Crippen LogP contribution is -2.30. The number of aromatic nitrogens is 1. The van der Waals surface area contributed by atoms with Crippen LogP contribution in [0, 0.1) is 6.92 Å². The molecule has 2 aromatic rings. The van der Waals surface area contributed by atoms with E-state index in [0.29, 0.717) is 6.04 Å². The molecule has 0 amide bonds. The molecular formula is C13H16BrClN2. The van der Waals surface area contributed by atoms with Crippen LogP contribution < -0.4 is 5.32 Å². The average molecular weight is 316 g/mol. The Bertz CT molecular complexity index is 562. The molecule has 0 bridgehead atoms. The van der Waals surface area contributed by atoms with Gasteiger partial charge in [-0.15, -0.1) is 12.4 Å². The molecule has 0 saturated heterocycles. The first-order valence-corrected chi connectivity index (χ1v) is 6.47. The predicted octanol–water partition coefficient (Wildman–Crippen LogP) is 3.80. The van der Waals surface area contributed by atoms with Crippen molar-refractivity contribution in [2.45, 2.75) is 26.4 Å². The van der Waals surface area contributed by atoms with Crippen molar-refractivity contribution in [2.24, 2.45) is 0 Å². The van der Waals surface area contributed by atoms with Gasteiger partial charge >= 0.3 is 0 Å². The molecule has 17 heavy (non-hydrogen) atoms. The fourth-order valence-corrected chi connectivity index (χ4v) is 3.13. The maximum atomic E-state index is 3.73. The van der Waals surface area contributed by atoms with Crippen LogP contribution >= 0.6 is 28.3 Å². The summed E-state index contributed by atoms with van der Waals surface area (Å²) in [5.74, 6) is 0. The molecule has 0 radical (unpaired) electrons. The Balaban J connectivity index is 0.00000108. The van der Waals surface area contributed by atoms with Gasteiger partial charge in [0.05, 0.1) is 5.52 Å². The zero-order chi connectivity index (χ0) is 11.3. The Morgan fingerprint density at radius 1 is 1.41 bits per heavy atom. The topological polar surface area (TPSA) is 17.0 Å². The number of rotatable bonds is 0. The Morgan fingerprint density at radius 2 is 2.18 bits per heavy atom. The summed E-state index contributed by atoms with van der Waals surface area (Å²) in [5, 5.41) is 4.79. The number of fused-ring (bicyclic) bond motifs is 3. The number of benzene rings is 1. The van der Waals surface area contributed by atoms with Gasteiger partial charge < -0.3 is 9.88 Å². The highest BCUT2D eigenvalue weighted by Gasteiger charge is 2.20. The van der Waals surface area contributed by atoms with Crippen LogP contribution in [0.1, 0.15) is 24.2 Å². The van der Waals surface area contributed by atoms with Crippen molar-refractivity contribution in [3.63, 3.8) is 0 Å². The molecule has 1 atom stereocenters. The molecule has 0 spiro atoms. The van der Waals surface area contributed by atoms with Crippen LogP contribution in [0.15, 0.2) is 22.7 Å². The van der Waals surface area contributed by atoms with E-state index in [1.165, 1.54) is 26.6 Å². The van der Waals surface area contributed by atoms with Gasteiger partial charge in [-0.25, -0.2) is 0 Å². The summed E-state index contributed by atoms with van der Waals surface area (Å²) in [6.07, 6.45) is 0. The Hall–Kier alpha value is -0.510. The lowest BCUT2D eigenvalue weighted by atomic mass is 10.2. The number of aryl methyl sites for hydroxylation is 1. The summed E-state index contributed by atoms with van der Waals surface area (Å²) >= 11 is 3.73. The molecule has 0 saturated carbocycles. The van der Waals surface area contributed by atoms with E-state index in [1.54, 1.807) is 0 Å². The molecule has 1 aliphatic heterocycles. The minimum absolute atomic E-state index is 0. The van der Waals surface area contributed by atoms with Crippen molar-refractivity contribution < 1.29 is 0 Å². The van der Waals surface area contributed by atoms with E-state index >= 15 is 0 Å². The first-order valence-electron chi connectivity index (χ1n) is 5.68. The minimum Gasteiger partial charge on any atom is -0.338 e. The number of nitrogens with zero attached hydrogens (tertiary/aromatic N) is 1. The average Bonchev–Trinajstić information content (AvgIpc) is 2.64. The van der Waals surface area contributed by atoms with E-state index in [-0.39, 0.29) is 12.4 Å². The first-order chi connectivity index (χ1) is 7.68. The van der Waals surface area contributed by atoms with Crippen molar-refractivity contribution in [1.82, 2.24) is 9.88 Å². The molecule has 3 rings (SSSR count). The normalized spacial score (nSPS) is 18.9. The molecule has 1 aliphatic rings. The van der Waals surface area contributed by atoms with Crippen molar-refractivity contribution in [3.8, 4) is 0 Å². The van der Waals surface area contributed by atoms with E-state index in [9.17, 15) is 0 Å². The zero-order valence-electron chi connectivity index (χ0n) is 9.96. The predicted molar refractivity (Wildman–Crippen MR) is 78.0 cm³/mol. The Labute approximate surface area is 116 Å². The van der Waals surface area contributed by atoms with Gasteiger partial charge in [0.25, 0.3) is 0 Å². The highest BCUT2D eigenvalue weighted by Crippen LogP contribution is 2.33. The Morgan fingerprint density at radius 3 is 2.94 bits per heavy atom. The molecule has 2 heterocycles. The number of hydrogen-bond acceptors (Lipinski definition) is 1. The van der Waals surface area contributed by atoms with Crippen molar-refractivity contribution >= 4 is 39.2 Å². The van der Waals surface area contributed by atoms with E-state index < -0.39 is 0 Å². The van der Waals surface area contributed by atoms with E-state index in [0.717, 1.165) is 13.1 Å². The summed E-state index contributed by atoms with van der Waals surface area (Å²) in [7, 11) is 0. The number of nitrogens with one attached hydrogen (secondary N) is 1. The second kappa shape index (κ2) is 4.63. The third-order valence-electron chi connectivity index (χ3n) is 3.40. The third-order valence-corrected chi connectivity index (χ3v) is 4.40. The molecule has 1 aromatic heterocycles. The molecule has 0 unspecified atom stereocenters. The van der Waals surface area contributed by atoms with Crippen LogP contribution in [0.5, 0.6) is 0 Å². The zero-order valence-corrected chi connectivity index (χ0v) is 12.4. The van der Waals surface area contributed by atoms with E-state index in [4.69, 9.17) is 0 Å². The lowest BCUT2D eigenvalue weighted by molar-refractivity contribution is 0.439. The molecule has 1 N–H and O–H groups in total. The molecule has 0 aliphatic carbocycles.